The number of methoxy groups -OCH3 is 1. The monoisotopic (exact) mass is 289 g/mol. The molecule has 0 spiro atoms. The van der Waals surface area contributed by atoms with Gasteiger partial charge < -0.3 is 15.4 Å². The number of rotatable bonds is 6. The Morgan fingerprint density at radius 1 is 1.48 bits per heavy atom. The van der Waals surface area contributed by atoms with Crippen molar-refractivity contribution in [2.24, 2.45) is 0 Å². The van der Waals surface area contributed by atoms with Crippen LogP contribution < -0.4 is 15.4 Å². The molecule has 0 unspecified atom stereocenters. The number of hydrogen-bond acceptors (Lipinski definition) is 4. The molecule has 0 aliphatic rings. The topological polar surface area (TPSA) is 91.9 Å². The summed E-state index contributed by atoms with van der Waals surface area (Å²) in [6.07, 6.45) is 5.14. The SMILES string of the molecule is COc1ncccc1NC(=O)NCCCc1cn[nH]c1C. The van der Waals surface area contributed by atoms with E-state index in [0.29, 0.717) is 18.1 Å². The van der Waals surface area contributed by atoms with Gasteiger partial charge in [-0.1, -0.05) is 0 Å². The molecule has 7 nitrogen and oxygen atoms in total. The quantitative estimate of drug-likeness (QED) is 0.708. The van der Waals surface area contributed by atoms with Gasteiger partial charge in [0.15, 0.2) is 0 Å². The van der Waals surface area contributed by atoms with Gasteiger partial charge in [0, 0.05) is 18.4 Å². The Morgan fingerprint density at radius 3 is 3.05 bits per heavy atom. The van der Waals surface area contributed by atoms with Crippen LogP contribution in [0.3, 0.4) is 0 Å². The lowest BCUT2D eigenvalue weighted by molar-refractivity contribution is 0.252. The van der Waals surface area contributed by atoms with Crippen LogP contribution in [0.5, 0.6) is 5.88 Å². The molecule has 0 radical (unpaired) electrons. The van der Waals surface area contributed by atoms with Crippen LogP contribution in [0.1, 0.15) is 17.7 Å². The van der Waals surface area contributed by atoms with Crippen molar-refractivity contribution in [2.45, 2.75) is 19.8 Å². The number of nitrogens with one attached hydrogen (secondary N) is 3. The highest BCUT2D eigenvalue weighted by Crippen LogP contribution is 2.19. The molecule has 0 bridgehead atoms. The maximum Gasteiger partial charge on any atom is 0.319 e. The molecule has 0 atom stereocenters. The number of carbonyl (C=O) groups is 1. The zero-order chi connectivity index (χ0) is 15.1. The Bertz CT molecular complexity index is 597. The fourth-order valence-electron chi connectivity index (χ4n) is 1.92. The predicted octanol–water partition coefficient (Wildman–Crippen LogP) is 1.88. The van der Waals surface area contributed by atoms with Crippen LogP contribution >= 0.6 is 0 Å². The van der Waals surface area contributed by atoms with Crippen LogP contribution in [0.2, 0.25) is 0 Å². The van der Waals surface area contributed by atoms with Crippen LogP contribution in [0.4, 0.5) is 10.5 Å². The Hall–Kier alpha value is -2.57. The number of aromatic amines is 1. The summed E-state index contributed by atoms with van der Waals surface area (Å²) < 4.78 is 5.07. The van der Waals surface area contributed by atoms with Gasteiger partial charge in [-0.2, -0.15) is 5.10 Å². The number of urea groups is 1. The van der Waals surface area contributed by atoms with E-state index in [-0.39, 0.29) is 6.03 Å². The van der Waals surface area contributed by atoms with Gasteiger partial charge in [0.05, 0.1) is 13.3 Å². The molecule has 0 saturated heterocycles. The van der Waals surface area contributed by atoms with Crippen molar-refractivity contribution in [3.8, 4) is 5.88 Å². The molecule has 2 amide bonds. The van der Waals surface area contributed by atoms with Crippen LogP contribution in [-0.4, -0.2) is 34.9 Å². The minimum absolute atomic E-state index is 0.273. The van der Waals surface area contributed by atoms with E-state index in [9.17, 15) is 4.79 Å². The summed E-state index contributed by atoms with van der Waals surface area (Å²) in [5, 5.41) is 12.4. The van der Waals surface area contributed by atoms with Crippen molar-refractivity contribution in [1.82, 2.24) is 20.5 Å². The Balaban J connectivity index is 1.74. The molecule has 3 N–H and O–H groups in total. The Morgan fingerprint density at radius 2 is 2.33 bits per heavy atom. The highest BCUT2D eigenvalue weighted by atomic mass is 16.5. The van der Waals surface area contributed by atoms with E-state index < -0.39 is 0 Å². The van der Waals surface area contributed by atoms with E-state index in [1.165, 1.54) is 12.7 Å². The summed E-state index contributed by atoms with van der Waals surface area (Å²) in [6.45, 7) is 2.57. The van der Waals surface area contributed by atoms with Gasteiger partial charge in [0.1, 0.15) is 5.69 Å². The zero-order valence-corrected chi connectivity index (χ0v) is 12.1. The van der Waals surface area contributed by atoms with Crippen LogP contribution in [0, 0.1) is 6.92 Å². The lowest BCUT2D eigenvalue weighted by Crippen LogP contribution is -2.30. The summed E-state index contributed by atoms with van der Waals surface area (Å²) in [6, 6.07) is 3.20. The molecule has 0 aliphatic carbocycles. The molecule has 2 rings (SSSR count). The van der Waals surface area contributed by atoms with Crippen molar-refractivity contribution in [2.75, 3.05) is 19.0 Å². The standard InChI is InChI=1S/C14H19N5O2/c1-10-11(9-17-19-10)5-3-8-16-14(20)18-12-6-4-7-15-13(12)21-2/h4,6-7,9H,3,5,8H2,1-2H3,(H,17,19)(H2,16,18,20). The lowest BCUT2D eigenvalue weighted by atomic mass is 10.1. The number of aryl methyl sites for hydroxylation is 2. The number of aromatic nitrogens is 3. The van der Waals surface area contributed by atoms with Gasteiger partial charge in [0.25, 0.3) is 0 Å². The molecule has 0 aliphatic heterocycles. The van der Waals surface area contributed by atoms with Gasteiger partial charge in [0.2, 0.25) is 5.88 Å². The fourth-order valence-corrected chi connectivity index (χ4v) is 1.92. The fraction of sp³-hybridized carbons (Fsp3) is 0.357. The number of H-pyrrole nitrogens is 1. The first-order valence-corrected chi connectivity index (χ1v) is 6.73. The number of ether oxygens (including phenoxy) is 1. The molecular weight excluding hydrogens is 270 g/mol. The van der Waals surface area contributed by atoms with E-state index >= 15 is 0 Å². The summed E-state index contributed by atoms with van der Waals surface area (Å²) in [7, 11) is 1.51. The molecule has 21 heavy (non-hydrogen) atoms. The first kappa shape index (κ1) is 14.8. The molecule has 0 saturated carbocycles. The summed E-state index contributed by atoms with van der Waals surface area (Å²) in [4.78, 5) is 15.8. The average Bonchev–Trinajstić information content (AvgIpc) is 2.89. The number of hydrogen-bond donors (Lipinski definition) is 3. The molecule has 2 heterocycles. The molecule has 2 aromatic rings. The van der Waals surface area contributed by atoms with Crippen molar-refractivity contribution < 1.29 is 9.53 Å². The highest BCUT2D eigenvalue weighted by molar-refractivity contribution is 5.90. The van der Waals surface area contributed by atoms with Crippen LogP contribution in [0.15, 0.2) is 24.5 Å². The number of carbonyl (C=O) groups excluding carboxylic acids is 1. The number of amides is 2. The van der Waals surface area contributed by atoms with E-state index in [1.807, 2.05) is 13.1 Å². The van der Waals surface area contributed by atoms with Gasteiger partial charge in [-0.05, 0) is 37.5 Å². The Kier molecular flexibility index (Phi) is 5.14. The van der Waals surface area contributed by atoms with E-state index in [0.717, 1.165) is 18.5 Å². The van der Waals surface area contributed by atoms with Gasteiger partial charge in [-0.15, -0.1) is 0 Å². The zero-order valence-electron chi connectivity index (χ0n) is 12.1. The first-order chi connectivity index (χ1) is 10.2. The Labute approximate surface area is 123 Å². The second-order valence-corrected chi connectivity index (χ2v) is 4.56. The summed E-state index contributed by atoms with van der Waals surface area (Å²) in [5.41, 5.74) is 2.79. The maximum atomic E-state index is 11.8. The van der Waals surface area contributed by atoms with Crippen LogP contribution in [-0.2, 0) is 6.42 Å². The minimum Gasteiger partial charge on any atom is -0.480 e. The summed E-state index contributed by atoms with van der Waals surface area (Å²) in [5.74, 6) is 0.390. The largest absolute Gasteiger partial charge is 0.480 e. The summed E-state index contributed by atoms with van der Waals surface area (Å²) >= 11 is 0. The molecule has 0 aromatic carbocycles. The van der Waals surface area contributed by atoms with Crippen molar-refractivity contribution in [3.05, 3.63) is 35.8 Å². The maximum absolute atomic E-state index is 11.8. The molecular formula is C14H19N5O2. The van der Waals surface area contributed by atoms with E-state index in [1.54, 1.807) is 18.3 Å². The average molecular weight is 289 g/mol. The minimum atomic E-state index is -0.273. The second kappa shape index (κ2) is 7.28. The lowest BCUT2D eigenvalue weighted by Gasteiger charge is -2.09. The van der Waals surface area contributed by atoms with Gasteiger partial charge >= 0.3 is 6.03 Å². The van der Waals surface area contributed by atoms with E-state index in [4.69, 9.17) is 4.74 Å². The molecule has 2 aromatic heterocycles. The highest BCUT2D eigenvalue weighted by Gasteiger charge is 2.07. The van der Waals surface area contributed by atoms with Gasteiger partial charge in [-0.3, -0.25) is 5.10 Å². The van der Waals surface area contributed by atoms with Crippen molar-refractivity contribution in [1.29, 1.82) is 0 Å². The third kappa shape index (κ3) is 4.20. The second-order valence-electron chi connectivity index (χ2n) is 4.56. The number of pyridine rings is 1. The van der Waals surface area contributed by atoms with Crippen molar-refractivity contribution >= 4 is 11.7 Å². The normalized spacial score (nSPS) is 10.2. The predicted molar refractivity (Wildman–Crippen MR) is 79.5 cm³/mol. The number of anilines is 1. The number of nitrogens with zero attached hydrogens (tertiary/aromatic N) is 2. The molecule has 0 fully saturated rings. The third-order valence-corrected chi connectivity index (χ3v) is 3.06. The first-order valence-electron chi connectivity index (χ1n) is 6.73. The smallest absolute Gasteiger partial charge is 0.319 e. The van der Waals surface area contributed by atoms with Crippen molar-refractivity contribution in [3.63, 3.8) is 0 Å². The molecule has 7 heteroatoms. The van der Waals surface area contributed by atoms with E-state index in [2.05, 4.69) is 25.8 Å². The molecule has 112 valence electrons. The van der Waals surface area contributed by atoms with Crippen LogP contribution in [0.25, 0.3) is 0 Å². The third-order valence-electron chi connectivity index (χ3n) is 3.06. The van der Waals surface area contributed by atoms with Gasteiger partial charge in [-0.25, -0.2) is 9.78 Å².